The van der Waals surface area contributed by atoms with E-state index in [1.165, 1.54) is 11.1 Å². The lowest BCUT2D eigenvalue weighted by molar-refractivity contribution is 0.684. The van der Waals surface area contributed by atoms with E-state index >= 15 is 0 Å². The number of thiocarbonyl (C=S) groups is 1. The number of hydrogen-bond donors (Lipinski definition) is 2. The topological polar surface area (TPSA) is 54.8 Å². The predicted molar refractivity (Wildman–Crippen MR) is 101 cm³/mol. The lowest BCUT2D eigenvalue weighted by Gasteiger charge is -2.08. The van der Waals surface area contributed by atoms with E-state index in [2.05, 4.69) is 39.8 Å². The Labute approximate surface area is 146 Å². The number of aryl methyl sites for hydroxylation is 2. The molecule has 3 rings (SSSR count). The molecule has 2 aromatic heterocycles. The van der Waals surface area contributed by atoms with Gasteiger partial charge in [-0.15, -0.1) is 0 Å². The fourth-order valence-electron chi connectivity index (χ4n) is 2.30. The summed E-state index contributed by atoms with van der Waals surface area (Å²) in [6.45, 7) is 4.83. The number of rotatable bonds is 4. The highest BCUT2D eigenvalue weighted by Crippen LogP contribution is 2.12. The van der Waals surface area contributed by atoms with Crippen molar-refractivity contribution in [3.63, 3.8) is 0 Å². The molecule has 0 fully saturated rings. The van der Waals surface area contributed by atoms with Crippen LogP contribution in [-0.4, -0.2) is 19.9 Å². The van der Waals surface area contributed by atoms with Gasteiger partial charge in [0.15, 0.2) is 5.11 Å². The summed E-state index contributed by atoms with van der Waals surface area (Å²) >= 11 is 5.31. The summed E-state index contributed by atoms with van der Waals surface area (Å²) in [5, 5.41) is 11.0. The summed E-state index contributed by atoms with van der Waals surface area (Å²) in [4.78, 5) is 4.27. The molecule has 0 spiro atoms. The maximum Gasteiger partial charge on any atom is 0.176 e. The first-order chi connectivity index (χ1) is 11.6. The van der Waals surface area contributed by atoms with Gasteiger partial charge in [-0.25, -0.2) is 4.98 Å². The number of aromatic nitrogens is 3. The zero-order chi connectivity index (χ0) is 16.9. The minimum atomic E-state index is 0.488. The smallest absolute Gasteiger partial charge is 0.176 e. The summed E-state index contributed by atoms with van der Waals surface area (Å²) < 4.78 is 1.89. The Morgan fingerprint density at radius 3 is 2.67 bits per heavy atom. The summed E-state index contributed by atoms with van der Waals surface area (Å²) in [7, 11) is 0. The first-order valence-corrected chi connectivity index (χ1v) is 8.08. The van der Waals surface area contributed by atoms with E-state index in [-0.39, 0.29) is 0 Å². The molecule has 0 saturated carbocycles. The first kappa shape index (κ1) is 16.1. The number of nitrogens with one attached hydrogen (secondary N) is 2. The molecule has 0 aliphatic carbocycles. The molecule has 0 saturated heterocycles. The molecule has 0 atom stereocenters. The Kier molecular flexibility index (Phi) is 4.86. The fraction of sp³-hybridized carbons (Fsp3) is 0.167. The normalized spacial score (nSPS) is 10.4. The zero-order valence-electron chi connectivity index (χ0n) is 13.7. The third kappa shape index (κ3) is 4.17. The average Bonchev–Trinajstić information content (AvgIpc) is 2.99. The first-order valence-electron chi connectivity index (χ1n) is 7.68. The predicted octanol–water partition coefficient (Wildman–Crippen LogP) is 3.75. The van der Waals surface area contributed by atoms with Crippen LogP contribution in [-0.2, 0) is 6.54 Å². The van der Waals surface area contributed by atoms with Gasteiger partial charge in [0.2, 0.25) is 0 Å². The van der Waals surface area contributed by atoms with Crippen LogP contribution in [0.25, 0.3) is 0 Å². The van der Waals surface area contributed by atoms with Crippen molar-refractivity contribution in [3.8, 4) is 0 Å². The van der Waals surface area contributed by atoms with Gasteiger partial charge in [0.1, 0.15) is 5.82 Å². The van der Waals surface area contributed by atoms with Crippen molar-refractivity contribution in [3.05, 3.63) is 71.7 Å². The van der Waals surface area contributed by atoms with E-state index in [9.17, 15) is 0 Å². The lowest BCUT2D eigenvalue weighted by Crippen LogP contribution is -2.19. The van der Waals surface area contributed by atoms with Gasteiger partial charge in [-0.3, -0.25) is 4.68 Å². The lowest BCUT2D eigenvalue weighted by atomic mass is 10.1. The standard InChI is InChI=1S/C18H19N5S/c1-13-7-8-17(19-9-13)22-18(24)21-16-10-20-23(12-16)11-15-6-4-3-5-14(15)2/h3-10,12H,11H2,1-2H3,(H2,19,21,22,24). The second-order valence-electron chi connectivity index (χ2n) is 5.65. The molecule has 0 aliphatic rings. The molecule has 0 aliphatic heterocycles. The molecular weight excluding hydrogens is 318 g/mol. The van der Waals surface area contributed by atoms with Gasteiger partial charge in [-0.1, -0.05) is 30.3 Å². The van der Waals surface area contributed by atoms with Gasteiger partial charge in [0.05, 0.1) is 18.4 Å². The zero-order valence-corrected chi connectivity index (χ0v) is 14.5. The Bertz CT molecular complexity index is 839. The molecule has 0 bridgehead atoms. The molecule has 0 unspecified atom stereocenters. The molecule has 6 heteroatoms. The molecule has 122 valence electrons. The number of benzene rings is 1. The highest BCUT2D eigenvalue weighted by Gasteiger charge is 2.04. The van der Waals surface area contributed by atoms with Crippen LogP contribution >= 0.6 is 12.2 Å². The largest absolute Gasteiger partial charge is 0.330 e. The van der Waals surface area contributed by atoms with E-state index in [0.29, 0.717) is 10.9 Å². The quantitative estimate of drug-likeness (QED) is 0.710. The Morgan fingerprint density at radius 2 is 1.92 bits per heavy atom. The minimum absolute atomic E-state index is 0.488. The van der Waals surface area contributed by atoms with E-state index in [0.717, 1.165) is 17.8 Å². The SMILES string of the molecule is Cc1ccc(NC(=S)Nc2cnn(Cc3ccccc3C)c2)nc1. The molecule has 2 N–H and O–H groups in total. The molecule has 0 radical (unpaired) electrons. The Hall–Kier alpha value is -2.73. The van der Waals surface area contributed by atoms with Crippen molar-refractivity contribution in [2.24, 2.45) is 0 Å². The van der Waals surface area contributed by atoms with Crippen LogP contribution < -0.4 is 10.6 Å². The van der Waals surface area contributed by atoms with E-state index in [4.69, 9.17) is 12.2 Å². The average molecular weight is 337 g/mol. The van der Waals surface area contributed by atoms with Crippen LogP contribution in [0.4, 0.5) is 11.5 Å². The summed E-state index contributed by atoms with van der Waals surface area (Å²) in [5.74, 6) is 0.713. The molecule has 1 aromatic carbocycles. The number of anilines is 2. The number of nitrogens with zero attached hydrogens (tertiary/aromatic N) is 3. The van der Waals surface area contributed by atoms with Crippen LogP contribution in [0, 0.1) is 13.8 Å². The molecular formula is C18H19N5S. The van der Waals surface area contributed by atoms with Crippen molar-refractivity contribution in [2.45, 2.75) is 20.4 Å². The summed E-state index contributed by atoms with van der Waals surface area (Å²) in [6, 6.07) is 12.2. The molecule has 3 aromatic rings. The van der Waals surface area contributed by atoms with Crippen LogP contribution in [0.5, 0.6) is 0 Å². The van der Waals surface area contributed by atoms with Gasteiger partial charge >= 0.3 is 0 Å². The monoisotopic (exact) mass is 337 g/mol. The third-order valence-electron chi connectivity index (χ3n) is 3.64. The van der Waals surface area contributed by atoms with Crippen molar-refractivity contribution < 1.29 is 0 Å². The minimum Gasteiger partial charge on any atom is -0.330 e. The molecule has 24 heavy (non-hydrogen) atoms. The van der Waals surface area contributed by atoms with Gasteiger partial charge < -0.3 is 10.6 Å². The molecule has 2 heterocycles. The van der Waals surface area contributed by atoms with E-state index in [1.807, 2.05) is 42.1 Å². The molecule has 0 amide bonds. The maximum absolute atomic E-state index is 5.31. The Morgan fingerprint density at radius 1 is 1.08 bits per heavy atom. The van der Waals surface area contributed by atoms with Gasteiger partial charge in [-0.05, 0) is 48.8 Å². The highest BCUT2D eigenvalue weighted by molar-refractivity contribution is 7.80. The summed E-state index contributed by atoms with van der Waals surface area (Å²) in [6.07, 6.45) is 5.49. The highest BCUT2D eigenvalue weighted by atomic mass is 32.1. The van der Waals surface area contributed by atoms with Crippen molar-refractivity contribution in [1.29, 1.82) is 0 Å². The second kappa shape index (κ2) is 7.23. The Balaban J connectivity index is 1.60. The van der Waals surface area contributed by atoms with Gasteiger partial charge in [0, 0.05) is 12.4 Å². The van der Waals surface area contributed by atoms with Gasteiger partial charge in [0.25, 0.3) is 0 Å². The van der Waals surface area contributed by atoms with E-state index < -0.39 is 0 Å². The fourth-order valence-corrected chi connectivity index (χ4v) is 2.52. The molecule has 5 nitrogen and oxygen atoms in total. The number of hydrogen-bond acceptors (Lipinski definition) is 3. The number of pyridine rings is 1. The van der Waals surface area contributed by atoms with E-state index in [1.54, 1.807) is 12.4 Å². The van der Waals surface area contributed by atoms with Crippen LogP contribution in [0.2, 0.25) is 0 Å². The van der Waals surface area contributed by atoms with Crippen LogP contribution in [0.1, 0.15) is 16.7 Å². The van der Waals surface area contributed by atoms with Gasteiger partial charge in [-0.2, -0.15) is 5.10 Å². The summed E-state index contributed by atoms with van der Waals surface area (Å²) in [5.41, 5.74) is 4.45. The maximum atomic E-state index is 5.31. The second-order valence-corrected chi connectivity index (χ2v) is 6.06. The van der Waals surface area contributed by atoms with Crippen molar-refractivity contribution in [2.75, 3.05) is 10.6 Å². The van der Waals surface area contributed by atoms with Crippen molar-refractivity contribution in [1.82, 2.24) is 14.8 Å². The van der Waals surface area contributed by atoms with Crippen molar-refractivity contribution >= 4 is 28.8 Å². The third-order valence-corrected chi connectivity index (χ3v) is 3.84. The van der Waals surface area contributed by atoms with Crippen LogP contribution in [0.3, 0.4) is 0 Å². The van der Waals surface area contributed by atoms with Crippen LogP contribution in [0.15, 0.2) is 55.0 Å².